The highest BCUT2D eigenvalue weighted by Crippen LogP contribution is 2.01. The second kappa shape index (κ2) is 6.38. The molecule has 1 N–H and O–H groups in total. The van der Waals surface area contributed by atoms with Gasteiger partial charge in [-0.15, -0.1) is 0 Å². The summed E-state index contributed by atoms with van der Waals surface area (Å²) in [7, 11) is 1.97. The Morgan fingerprint density at radius 2 is 2.43 bits per heavy atom. The molecule has 0 spiro atoms. The van der Waals surface area contributed by atoms with E-state index >= 15 is 0 Å². The molecule has 1 heterocycles. The number of aromatic nitrogens is 2. The SMILES string of the molecule is CCCn1cc(C=CCCNC)cn1. The predicted octanol–water partition coefficient (Wildman–Crippen LogP) is 1.92. The third-order valence-corrected chi connectivity index (χ3v) is 1.98. The van der Waals surface area contributed by atoms with E-state index in [1.807, 2.05) is 17.9 Å². The molecule has 78 valence electrons. The normalized spacial score (nSPS) is 11.3. The van der Waals surface area contributed by atoms with Crippen LogP contribution >= 0.6 is 0 Å². The molecule has 0 aromatic carbocycles. The molecule has 14 heavy (non-hydrogen) atoms. The Bertz CT molecular complexity index is 276. The van der Waals surface area contributed by atoms with Gasteiger partial charge in [-0.25, -0.2) is 0 Å². The van der Waals surface area contributed by atoms with Crippen molar-refractivity contribution in [1.29, 1.82) is 0 Å². The fourth-order valence-electron chi connectivity index (χ4n) is 1.26. The van der Waals surface area contributed by atoms with Crippen molar-refractivity contribution in [3.05, 3.63) is 24.0 Å². The number of hydrogen-bond donors (Lipinski definition) is 1. The molecule has 0 aliphatic carbocycles. The Hall–Kier alpha value is -1.09. The van der Waals surface area contributed by atoms with E-state index in [0.29, 0.717) is 0 Å². The molecular formula is C11H19N3. The zero-order valence-corrected chi connectivity index (χ0v) is 9.03. The van der Waals surface area contributed by atoms with Crippen LogP contribution in [0.3, 0.4) is 0 Å². The van der Waals surface area contributed by atoms with Crippen molar-refractivity contribution in [3.63, 3.8) is 0 Å². The van der Waals surface area contributed by atoms with Crippen LogP contribution in [0.1, 0.15) is 25.3 Å². The molecule has 1 rings (SSSR count). The molecule has 0 saturated carbocycles. The van der Waals surface area contributed by atoms with Crippen molar-refractivity contribution < 1.29 is 0 Å². The molecule has 0 saturated heterocycles. The zero-order valence-electron chi connectivity index (χ0n) is 9.03. The summed E-state index contributed by atoms with van der Waals surface area (Å²) in [5.41, 5.74) is 1.19. The summed E-state index contributed by atoms with van der Waals surface area (Å²) in [6.45, 7) is 4.19. The fraction of sp³-hybridized carbons (Fsp3) is 0.545. The molecule has 0 aliphatic rings. The topological polar surface area (TPSA) is 29.9 Å². The van der Waals surface area contributed by atoms with Crippen LogP contribution in [0.4, 0.5) is 0 Å². The molecular weight excluding hydrogens is 174 g/mol. The highest BCUT2D eigenvalue weighted by atomic mass is 15.3. The van der Waals surface area contributed by atoms with Crippen LogP contribution in [-0.2, 0) is 6.54 Å². The maximum atomic E-state index is 4.25. The van der Waals surface area contributed by atoms with Gasteiger partial charge in [-0.05, 0) is 26.4 Å². The van der Waals surface area contributed by atoms with Crippen molar-refractivity contribution in [3.8, 4) is 0 Å². The van der Waals surface area contributed by atoms with Crippen molar-refractivity contribution in [2.45, 2.75) is 26.3 Å². The number of aryl methyl sites for hydroxylation is 1. The van der Waals surface area contributed by atoms with Crippen molar-refractivity contribution in [1.82, 2.24) is 15.1 Å². The van der Waals surface area contributed by atoms with Gasteiger partial charge in [0.15, 0.2) is 0 Å². The maximum Gasteiger partial charge on any atom is 0.0562 e. The van der Waals surface area contributed by atoms with E-state index in [0.717, 1.165) is 25.9 Å². The molecule has 1 aromatic heterocycles. The minimum atomic E-state index is 1.00. The third kappa shape index (κ3) is 3.75. The summed E-state index contributed by atoms with van der Waals surface area (Å²) in [6, 6.07) is 0. The fourth-order valence-corrected chi connectivity index (χ4v) is 1.26. The van der Waals surface area contributed by atoms with E-state index in [9.17, 15) is 0 Å². The molecule has 0 atom stereocenters. The number of nitrogens with one attached hydrogen (secondary N) is 1. The van der Waals surface area contributed by atoms with Crippen LogP contribution in [-0.4, -0.2) is 23.4 Å². The van der Waals surface area contributed by atoms with Gasteiger partial charge in [0.25, 0.3) is 0 Å². The number of nitrogens with zero attached hydrogens (tertiary/aromatic N) is 2. The van der Waals surface area contributed by atoms with E-state index < -0.39 is 0 Å². The first-order chi connectivity index (χ1) is 6.86. The van der Waals surface area contributed by atoms with Gasteiger partial charge in [0.05, 0.1) is 6.20 Å². The van der Waals surface area contributed by atoms with Gasteiger partial charge in [-0.2, -0.15) is 5.10 Å². The van der Waals surface area contributed by atoms with Gasteiger partial charge in [0.1, 0.15) is 0 Å². The minimum absolute atomic E-state index is 1.00. The van der Waals surface area contributed by atoms with Crippen LogP contribution in [0.5, 0.6) is 0 Å². The molecule has 0 unspecified atom stereocenters. The smallest absolute Gasteiger partial charge is 0.0562 e. The van der Waals surface area contributed by atoms with E-state index in [-0.39, 0.29) is 0 Å². The molecule has 0 fully saturated rings. The van der Waals surface area contributed by atoms with Crippen molar-refractivity contribution >= 4 is 6.08 Å². The summed E-state index contributed by atoms with van der Waals surface area (Å²) >= 11 is 0. The molecule has 0 amide bonds. The number of rotatable bonds is 6. The lowest BCUT2D eigenvalue weighted by atomic mass is 10.3. The van der Waals surface area contributed by atoms with Crippen LogP contribution in [0.2, 0.25) is 0 Å². The first-order valence-electron chi connectivity index (χ1n) is 5.20. The Labute approximate surface area is 85.8 Å². The van der Waals surface area contributed by atoms with E-state index in [2.05, 4.69) is 35.7 Å². The Kier molecular flexibility index (Phi) is 5.00. The summed E-state index contributed by atoms with van der Waals surface area (Å²) < 4.78 is 1.98. The molecule has 0 aliphatic heterocycles. The molecule has 0 bridgehead atoms. The van der Waals surface area contributed by atoms with Gasteiger partial charge in [-0.3, -0.25) is 4.68 Å². The predicted molar refractivity (Wildman–Crippen MR) is 60.1 cm³/mol. The van der Waals surface area contributed by atoms with Gasteiger partial charge < -0.3 is 5.32 Å². The van der Waals surface area contributed by atoms with E-state index in [1.54, 1.807) is 0 Å². The van der Waals surface area contributed by atoms with Crippen LogP contribution in [0, 0.1) is 0 Å². The minimum Gasteiger partial charge on any atom is -0.319 e. The van der Waals surface area contributed by atoms with Crippen molar-refractivity contribution in [2.24, 2.45) is 0 Å². The van der Waals surface area contributed by atoms with E-state index in [1.165, 1.54) is 5.56 Å². The Morgan fingerprint density at radius 1 is 1.57 bits per heavy atom. The van der Waals surface area contributed by atoms with Crippen LogP contribution in [0.15, 0.2) is 18.5 Å². The highest BCUT2D eigenvalue weighted by molar-refractivity contribution is 5.46. The molecule has 1 aromatic rings. The third-order valence-electron chi connectivity index (χ3n) is 1.98. The van der Waals surface area contributed by atoms with Gasteiger partial charge in [-0.1, -0.05) is 19.1 Å². The molecule has 0 radical (unpaired) electrons. The lowest BCUT2D eigenvalue weighted by Gasteiger charge is -1.94. The Balaban J connectivity index is 2.38. The average Bonchev–Trinajstić information content (AvgIpc) is 2.61. The van der Waals surface area contributed by atoms with Gasteiger partial charge in [0, 0.05) is 18.3 Å². The second-order valence-electron chi connectivity index (χ2n) is 3.33. The summed E-state index contributed by atoms with van der Waals surface area (Å²) in [5, 5.41) is 7.36. The molecule has 3 nitrogen and oxygen atoms in total. The summed E-state index contributed by atoms with van der Waals surface area (Å²) in [4.78, 5) is 0. The van der Waals surface area contributed by atoms with E-state index in [4.69, 9.17) is 0 Å². The zero-order chi connectivity index (χ0) is 10.2. The summed E-state index contributed by atoms with van der Waals surface area (Å²) in [5.74, 6) is 0. The average molecular weight is 193 g/mol. The van der Waals surface area contributed by atoms with Crippen LogP contribution < -0.4 is 5.32 Å². The first kappa shape index (κ1) is 11.0. The lowest BCUT2D eigenvalue weighted by Crippen LogP contribution is -2.05. The number of hydrogen-bond acceptors (Lipinski definition) is 2. The van der Waals surface area contributed by atoms with Crippen molar-refractivity contribution in [2.75, 3.05) is 13.6 Å². The van der Waals surface area contributed by atoms with Crippen LogP contribution in [0.25, 0.3) is 6.08 Å². The maximum absolute atomic E-state index is 4.25. The first-order valence-corrected chi connectivity index (χ1v) is 5.20. The lowest BCUT2D eigenvalue weighted by molar-refractivity contribution is 0.602. The van der Waals surface area contributed by atoms with Gasteiger partial charge in [0.2, 0.25) is 0 Å². The standard InChI is InChI=1S/C11H19N3/c1-3-8-14-10-11(9-13-14)6-4-5-7-12-2/h4,6,9-10,12H,3,5,7-8H2,1-2H3. The quantitative estimate of drug-likeness (QED) is 0.699. The second-order valence-corrected chi connectivity index (χ2v) is 3.33. The monoisotopic (exact) mass is 193 g/mol. The van der Waals surface area contributed by atoms with Gasteiger partial charge >= 0.3 is 0 Å². The summed E-state index contributed by atoms with van der Waals surface area (Å²) in [6.07, 6.45) is 10.5. The Morgan fingerprint density at radius 3 is 3.14 bits per heavy atom. The largest absolute Gasteiger partial charge is 0.319 e. The molecule has 3 heteroatoms. The highest BCUT2D eigenvalue weighted by Gasteiger charge is 1.92.